The molecule has 0 saturated carbocycles. The van der Waals surface area contributed by atoms with E-state index in [9.17, 15) is 4.79 Å². The van der Waals surface area contributed by atoms with Crippen molar-refractivity contribution in [3.63, 3.8) is 0 Å². The number of rotatable bonds is 3. The van der Waals surface area contributed by atoms with Gasteiger partial charge < -0.3 is 4.98 Å². The standard InChI is InChI=1S/C17H15NO/c1-12-8-9-13-5-2-3-6-14(13)15(12)11-17(19)16-7-4-10-18-16/h2-10,18H,11H2,1H3. The van der Waals surface area contributed by atoms with Gasteiger partial charge in [0.2, 0.25) is 0 Å². The zero-order chi connectivity index (χ0) is 13.2. The molecule has 0 aliphatic carbocycles. The molecule has 0 bridgehead atoms. The molecule has 19 heavy (non-hydrogen) atoms. The largest absolute Gasteiger partial charge is 0.359 e. The molecule has 3 rings (SSSR count). The zero-order valence-corrected chi connectivity index (χ0v) is 10.8. The van der Waals surface area contributed by atoms with E-state index in [1.807, 2.05) is 24.3 Å². The molecule has 2 aromatic carbocycles. The van der Waals surface area contributed by atoms with Crippen molar-refractivity contribution in [2.24, 2.45) is 0 Å². The van der Waals surface area contributed by atoms with Gasteiger partial charge >= 0.3 is 0 Å². The fourth-order valence-electron chi connectivity index (χ4n) is 2.44. The third kappa shape index (κ3) is 2.17. The fourth-order valence-corrected chi connectivity index (χ4v) is 2.44. The summed E-state index contributed by atoms with van der Waals surface area (Å²) in [6.45, 7) is 2.06. The van der Waals surface area contributed by atoms with Crippen LogP contribution in [0.25, 0.3) is 10.8 Å². The molecule has 0 atom stereocenters. The molecule has 0 fully saturated rings. The van der Waals surface area contributed by atoms with Gasteiger partial charge in [0.25, 0.3) is 0 Å². The van der Waals surface area contributed by atoms with Gasteiger partial charge in [0.1, 0.15) is 0 Å². The van der Waals surface area contributed by atoms with Crippen LogP contribution in [0.4, 0.5) is 0 Å². The second-order valence-corrected chi connectivity index (χ2v) is 4.77. The first-order valence-electron chi connectivity index (χ1n) is 6.39. The van der Waals surface area contributed by atoms with Crippen molar-refractivity contribution in [2.45, 2.75) is 13.3 Å². The van der Waals surface area contributed by atoms with Crippen molar-refractivity contribution in [3.8, 4) is 0 Å². The molecular formula is C17H15NO. The van der Waals surface area contributed by atoms with E-state index in [2.05, 4.69) is 36.2 Å². The van der Waals surface area contributed by atoms with Crippen LogP contribution in [0.5, 0.6) is 0 Å². The molecule has 2 nitrogen and oxygen atoms in total. The first-order chi connectivity index (χ1) is 9.25. The number of Topliss-reactive ketones (excluding diaryl/α,β-unsaturated/α-hetero) is 1. The third-order valence-corrected chi connectivity index (χ3v) is 3.51. The molecule has 0 aliphatic rings. The summed E-state index contributed by atoms with van der Waals surface area (Å²) in [6.07, 6.45) is 2.22. The third-order valence-electron chi connectivity index (χ3n) is 3.51. The van der Waals surface area contributed by atoms with Gasteiger partial charge in [-0.25, -0.2) is 0 Å². The number of hydrogen-bond donors (Lipinski definition) is 1. The number of nitrogens with one attached hydrogen (secondary N) is 1. The molecular weight excluding hydrogens is 234 g/mol. The number of aromatic amines is 1. The van der Waals surface area contributed by atoms with E-state index in [0.717, 1.165) is 5.56 Å². The highest BCUT2D eigenvalue weighted by atomic mass is 16.1. The number of ketones is 1. The number of carbonyl (C=O) groups is 1. The SMILES string of the molecule is Cc1ccc2ccccc2c1CC(=O)c1ccc[nH]1. The Morgan fingerprint density at radius 1 is 1.05 bits per heavy atom. The number of fused-ring (bicyclic) bond motifs is 1. The van der Waals surface area contributed by atoms with Crippen molar-refractivity contribution >= 4 is 16.6 Å². The van der Waals surface area contributed by atoms with Gasteiger partial charge in [0.05, 0.1) is 5.69 Å². The summed E-state index contributed by atoms with van der Waals surface area (Å²) < 4.78 is 0. The molecule has 1 heterocycles. The smallest absolute Gasteiger partial charge is 0.183 e. The summed E-state index contributed by atoms with van der Waals surface area (Å²) in [4.78, 5) is 15.2. The van der Waals surface area contributed by atoms with Crippen molar-refractivity contribution < 1.29 is 4.79 Å². The van der Waals surface area contributed by atoms with E-state index in [1.165, 1.54) is 16.3 Å². The quantitative estimate of drug-likeness (QED) is 0.701. The Bertz CT molecular complexity index is 726. The van der Waals surface area contributed by atoms with Crippen LogP contribution < -0.4 is 0 Å². The average Bonchev–Trinajstić information content (AvgIpc) is 2.96. The molecule has 0 saturated heterocycles. The minimum absolute atomic E-state index is 0.129. The maximum absolute atomic E-state index is 12.2. The van der Waals surface area contributed by atoms with Gasteiger partial charge in [-0.1, -0.05) is 36.4 Å². The minimum Gasteiger partial charge on any atom is -0.359 e. The number of aromatic nitrogens is 1. The Hall–Kier alpha value is -2.35. The van der Waals surface area contributed by atoms with Gasteiger partial charge in [-0.3, -0.25) is 4.79 Å². The van der Waals surface area contributed by atoms with E-state index in [4.69, 9.17) is 0 Å². The van der Waals surface area contributed by atoms with E-state index >= 15 is 0 Å². The lowest BCUT2D eigenvalue weighted by molar-refractivity contribution is 0.0989. The van der Waals surface area contributed by atoms with Gasteiger partial charge in [-0.05, 0) is 41.0 Å². The van der Waals surface area contributed by atoms with Crippen LogP contribution in [0.15, 0.2) is 54.7 Å². The summed E-state index contributed by atoms with van der Waals surface area (Å²) >= 11 is 0. The van der Waals surface area contributed by atoms with E-state index in [1.54, 1.807) is 6.20 Å². The Morgan fingerprint density at radius 2 is 1.89 bits per heavy atom. The van der Waals surface area contributed by atoms with Crippen LogP contribution in [0.3, 0.4) is 0 Å². The number of benzene rings is 2. The Labute approximate surface area is 112 Å². The molecule has 0 amide bonds. The lowest BCUT2D eigenvalue weighted by Crippen LogP contribution is -2.05. The monoisotopic (exact) mass is 249 g/mol. The van der Waals surface area contributed by atoms with Crippen molar-refractivity contribution in [3.05, 3.63) is 71.5 Å². The van der Waals surface area contributed by atoms with Gasteiger partial charge in [-0.2, -0.15) is 0 Å². The topological polar surface area (TPSA) is 32.9 Å². The Balaban J connectivity index is 2.05. The summed E-state index contributed by atoms with van der Waals surface area (Å²) in [6, 6.07) is 16.1. The van der Waals surface area contributed by atoms with Gasteiger partial charge in [-0.15, -0.1) is 0 Å². The van der Waals surface area contributed by atoms with Gasteiger partial charge in [0, 0.05) is 12.6 Å². The van der Waals surface area contributed by atoms with Gasteiger partial charge in [0.15, 0.2) is 5.78 Å². The molecule has 3 aromatic rings. The number of H-pyrrole nitrogens is 1. The highest BCUT2D eigenvalue weighted by Crippen LogP contribution is 2.23. The summed E-state index contributed by atoms with van der Waals surface area (Å²) in [5, 5.41) is 2.35. The highest BCUT2D eigenvalue weighted by molar-refractivity contribution is 5.99. The van der Waals surface area contributed by atoms with Crippen LogP contribution in [0.2, 0.25) is 0 Å². The van der Waals surface area contributed by atoms with Crippen molar-refractivity contribution in [1.82, 2.24) is 4.98 Å². The normalized spacial score (nSPS) is 10.8. The first kappa shape index (κ1) is 11.7. The van der Waals surface area contributed by atoms with E-state index in [0.29, 0.717) is 12.1 Å². The van der Waals surface area contributed by atoms with Crippen molar-refractivity contribution in [1.29, 1.82) is 0 Å². The molecule has 1 N–H and O–H groups in total. The van der Waals surface area contributed by atoms with Crippen LogP contribution in [0, 0.1) is 6.92 Å². The molecule has 94 valence electrons. The predicted octanol–water partition coefficient (Wildman–Crippen LogP) is 3.90. The molecule has 0 spiro atoms. The highest BCUT2D eigenvalue weighted by Gasteiger charge is 2.12. The number of hydrogen-bond acceptors (Lipinski definition) is 1. The molecule has 0 unspecified atom stereocenters. The second-order valence-electron chi connectivity index (χ2n) is 4.77. The average molecular weight is 249 g/mol. The first-order valence-corrected chi connectivity index (χ1v) is 6.39. The number of aryl methyl sites for hydroxylation is 1. The Kier molecular flexibility index (Phi) is 2.92. The minimum atomic E-state index is 0.129. The fraction of sp³-hybridized carbons (Fsp3) is 0.118. The maximum Gasteiger partial charge on any atom is 0.183 e. The predicted molar refractivity (Wildman–Crippen MR) is 77.5 cm³/mol. The molecule has 0 radical (unpaired) electrons. The van der Waals surface area contributed by atoms with Crippen LogP contribution in [-0.4, -0.2) is 10.8 Å². The molecule has 0 aliphatic heterocycles. The number of carbonyl (C=O) groups excluding carboxylic acids is 1. The lowest BCUT2D eigenvalue weighted by atomic mass is 9.95. The maximum atomic E-state index is 12.2. The molecule has 2 heteroatoms. The van der Waals surface area contributed by atoms with E-state index in [-0.39, 0.29) is 5.78 Å². The second kappa shape index (κ2) is 4.73. The van der Waals surface area contributed by atoms with E-state index < -0.39 is 0 Å². The van der Waals surface area contributed by atoms with Crippen molar-refractivity contribution in [2.75, 3.05) is 0 Å². The van der Waals surface area contributed by atoms with Crippen LogP contribution in [-0.2, 0) is 6.42 Å². The van der Waals surface area contributed by atoms with Crippen LogP contribution in [0.1, 0.15) is 21.6 Å². The summed E-state index contributed by atoms with van der Waals surface area (Å²) in [5.41, 5.74) is 2.96. The summed E-state index contributed by atoms with van der Waals surface area (Å²) in [5.74, 6) is 0.129. The molecule has 1 aromatic heterocycles. The van der Waals surface area contributed by atoms with Crippen LogP contribution >= 0.6 is 0 Å². The summed E-state index contributed by atoms with van der Waals surface area (Å²) in [7, 11) is 0. The lowest BCUT2D eigenvalue weighted by Gasteiger charge is -2.09. The Morgan fingerprint density at radius 3 is 2.68 bits per heavy atom. The zero-order valence-electron chi connectivity index (χ0n) is 10.8.